The third kappa shape index (κ3) is 3.54. The second-order valence-corrected chi connectivity index (χ2v) is 5.70. The van der Waals surface area contributed by atoms with Gasteiger partial charge in [-0.05, 0) is 24.6 Å². The fraction of sp³-hybridized carbons (Fsp3) is 0.158. The van der Waals surface area contributed by atoms with E-state index in [-0.39, 0.29) is 17.1 Å². The lowest BCUT2D eigenvalue weighted by Gasteiger charge is -2.10. The van der Waals surface area contributed by atoms with Crippen molar-refractivity contribution >= 4 is 11.8 Å². The van der Waals surface area contributed by atoms with Crippen LogP contribution in [-0.2, 0) is 0 Å². The maximum Gasteiger partial charge on any atom is 0.222 e. The molecule has 0 aliphatic carbocycles. The molecule has 7 nitrogen and oxygen atoms in total. The first-order chi connectivity index (χ1) is 12.6. The molecule has 0 aliphatic rings. The van der Waals surface area contributed by atoms with Crippen molar-refractivity contribution in [2.75, 3.05) is 17.6 Å². The Morgan fingerprint density at radius 2 is 1.96 bits per heavy atom. The minimum atomic E-state index is 0.122. The van der Waals surface area contributed by atoms with E-state index in [2.05, 4.69) is 33.3 Å². The number of phenolic OH excluding ortho intramolecular Hbond substituents is 1. The lowest BCUT2D eigenvalue weighted by Crippen LogP contribution is -2.04. The first-order valence-corrected chi connectivity index (χ1v) is 8.18. The summed E-state index contributed by atoms with van der Waals surface area (Å²) < 4.78 is 0. The Labute approximate surface area is 151 Å². The zero-order chi connectivity index (χ0) is 18.5. The van der Waals surface area contributed by atoms with Gasteiger partial charge in [-0.3, -0.25) is 0 Å². The molecule has 1 aromatic carbocycles. The molecule has 0 atom stereocenters. The number of pyridine rings is 1. The van der Waals surface area contributed by atoms with Gasteiger partial charge in [0.05, 0.1) is 5.69 Å². The van der Waals surface area contributed by atoms with Gasteiger partial charge in [-0.1, -0.05) is 19.1 Å². The number of nitrogens with zero attached hydrogens (tertiary/aromatic N) is 4. The van der Waals surface area contributed by atoms with Crippen molar-refractivity contribution in [2.45, 2.75) is 13.3 Å². The Kier molecular flexibility index (Phi) is 4.94. The highest BCUT2D eigenvalue weighted by Gasteiger charge is 2.14. The molecular weight excluding hydrogens is 328 g/mol. The van der Waals surface area contributed by atoms with Gasteiger partial charge in [-0.25, -0.2) is 15.0 Å². The summed E-state index contributed by atoms with van der Waals surface area (Å²) in [6.07, 6.45) is 4.26. The van der Waals surface area contributed by atoms with Crippen molar-refractivity contribution in [1.29, 1.82) is 5.26 Å². The van der Waals surface area contributed by atoms with Crippen LogP contribution in [0.25, 0.3) is 22.4 Å². The lowest BCUT2D eigenvalue weighted by molar-refractivity contribution is 0.475. The van der Waals surface area contributed by atoms with Crippen molar-refractivity contribution in [3.63, 3.8) is 0 Å². The van der Waals surface area contributed by atoms with E-state index in [0.29, 0.717) is 28.3 Å². The Bertz CT molecular complexity index is 963. The van der Waals surface area contributed by atoms with Crippen LogP contribution >= 0.6 is 0 Å². The Morgan fingerprint density at radius 1 is 1.19 bits per heavy atom. The molecule has 0 saturated carbocycles. The normalized spacial score (nSPS) is 10.3. The number of nitrogens with two attached hydrogens (primary N) is 1. The van der Waals surface area contributed by atoms with Crippen LogP contribution in [0.1, 0.15) is 18.9 Å². The molecule has 0 aliphatic heterocycles. The van der Waals surface area contributed by atoms with Crippen LogP contribution in [-0.4, -0.2) is 26.6 Å². The molecule has 0 spiro atoms. The van der Waals surface area contributed by atoms with Crippen molar-refractivity contribution in [3.8, 4) is 34.2 Å². The van der Waals surface area contributed by atoms with Gasteiger partial charge in [-0.2, -0.15) is 5.26 Å². The number of aromatic hydroxyl groups is 1. The number of hydrogen-bond acceptors (Lipinski definition) is 7. The smallest absolute Gasteiger partial charge is 0.222 e. The maximum atomic E-state index is 9.69. The van der Waals surface area contributed by atoms with Crippen molar-refractivity contribution in [2.24, 2.45) is 0 Å². The maximum absolute atomic E-state index is 9.69. The quantitative estimate of drug-likeness (QED) is 0.648. The highest BCUT2D eigenvalue weighted by Crippen LogP contribution is 2.31. The zero-order valence-corrected chi connectivity index (χ0v) is 14.3. The van der Waals surface area contributed by atoms with Crippen molar-refractivity contribution in [3.05, 3.63) is 48.3 Å². The van der Waals surface area contributed by atoms with E-state index in [0.717, 1.165) is 13.0 Å². The van der Waals surface area contributed by atoms with Gasteiger partial charge in [0.25, 0.3) is 0 Å². The van der Waals surface area contributed by atoms with E-state index in [9.17, 15) is 10.4 Å². The molecule has 4 N–H and O–H groups in total. The van der Waals surface area contributed by atoms with Gasteiger partial charge in [0, 0.05) is 35.6 Å². The summed E-state index contributed by atoms with van der Waals surface area (Å²) in [5.74, 6) is 0.782. The molecule has 2 heterocycles. The van der Waals surface area contributed by atoms with Gasteiger partial charge in [0.2, 0.25) is 5.95 Å². The molecule has 0 fully saturated rings. The minimum absolute atomic E-state index is 0.122. The molecule has 0 unspecified atom stereocenters. The number of rotatable bonds is 5. The minimum Gasteiger partial charge on any atom is -0.508 e. The van der Waals surface area contributed by atoms with Crippen LogP contribution in [0, 0.1) is 11.3 Å². The molecule has 0 amide bonds. The van der Waals surface area contributed by atoms with Crippen molar-refractivity contribution < 1.29 is 5.11 Å². The van der Waals surface area contributed by atoms with Gasteiger partial charge < -0.3 is 16.2 Å². The number of nitrogen functional groups attached to an aromatic ring is 1. The number of benzene rings is 1. The van der Waals surface area contributed by atoms with Crippen molar-refractivity contribution in [1.82, 2.24) is 15.0 Å². The van der Waals surface area contributed by atoms with Crippen LogP contribution in [0.2, 0.25) is 0 Å². The molecule has 7 heteroatoms. The van der Waals surface area contributed by atoms with E-state index >= 15 is 0 Å². The summed E-state index contributed by atoms with van der Waals surface area (Å²) >= 11 is 0. The molecular formula is C19H18N6O. The van der Waals surface area contributed by atoms with Gasteiger partial charge in [-0.15, -0.1) is 0 Å². The fourth-order valence-corrected chi connectivity index (χ4v) is 2.52. The van der Waals surface area contributed by atoms with E-state index in [1.165, 1.54) is 0 Å². The highest BCUT2D eigenvalue weighted by atomic mass is 16.3. The number of nitrogens with one attached hydrogen (secondary N) is 1. The standard InChI is InChI=1S/C19H18N6O/c1-2-6-22-19-23-10-13(11-24-19)15-8-17(25-18(21)16(15)9-20)12-4-3-5-14(26)7-12/h3-5,7-8,10-11,26H,2,6H2,1H3,(H2,21,25)(H,22,23,24). The Balaban J connectivity index is 2.07. The first-order valence-electron chi connectivity index (χ1n) is 8.18. The second-order valence-electron chi connectivity index (χ2n) is 5.70. The van der Waals surface area contributed by atoms with Crippen LogP contribution in [0.3, 0.4) is 0 Å². The molecule has 26 heavy (non-hydrogen) atoms. The third-order valence-electron chi connectivity index (χ3n) is 3.80. The predicted octanol–water partition coefficient (Wildman–Crippen LogP) is 3.19. The monoisotopic (exact) mass is 346 g/mol. The Morgan fingerprint density at radius 3 is 2.62 bits per heavy atom. The van der Waals surface area contributed by atoms with E-state index in [4.69, 9.17) is 5.73 Å². The largest absolute Gasteiger partial charge is 0.508 e. The number of anilines is 2. The molecule has 2 aromatic heterocycles. The van der Waals surface area contributed by atoms with Crippen LogP contribution in [0.5, 0.6) is 5.75 Å². The number of phenols is 1. The van der Waals surface area contributed by atoms with Crippen LogP contribution in [0.15, 0.2) is 42.7 Å². The van der Waals surface area contributed by atoms with Crippen LogP contribution < -0.4 is 11.1 Å². The molecule has 3 rings (SSSR count). The fourth-order valence-electron chi connectivity index (χ4n) is 2.52. The predicted molar refractivity (Wildman–Crippen MR) is 100 cm³/mol. The summed E-state index contributed by atoms with van der Waals surface area (Å²) in [5, 5.41) is 22.3. The van der Waals surface area contributed by atoms with Gasteiger partial charge in [0.1, 0.15) is 23.2 Å². The molecule has 0 radical (unpaired) electrons. The lowest BCUT2D eigenvalue weighted by atomic mass is 10.0. The number of nitriles is 1. The van der Waals surface area contributed by atoms with Gasteiger partial charge >= 0.3 is 0 Å². The summed E-state index contributed by atoms with van der Waals surface area (Å²) in [4.78, 5) is 12.9. The average Bonchev–Trinajstić information content (AvgIpc) is 2.66. The first kappa shape index (κ1) is 17.2. The van der Waals surface area contributed by atoms with E-state index in [1.807, 2.05) is 6.07 Å². The van der Waals surface area contributed by atoms with Crippen LogP contribution in [0.4, 0.5) is 11.8 Å². The molecule has 0 saturated heterocycles. The molecule has 0 bridgehead atoms. The summed E-state index contributed by atoms with van der Waals surface area (Å²) in [6, 6.07) is 10.5. The zero-order valence-electron chi connectivity index (χ0n) is 14.3. The topological polar surface area (TPSA) is 121 Å². The summed E-state index contributed by atoms with van der Waals surface area (Å²) in [6.45, 7) is 2.84. The third-order valence-corrected chi connectivity index (χ3v) is 3.80. The number of aromatic nitrogens is 3. The summed E-state index contributed by atoms with van der Waals surface area (Å²) in [5.41, 5.74) is 8.78. The highest BCUT2D eigenvalue weighted by molar-refractivity contribution is 5.79. The van der Waals surface area contributed by atoms with E-state index in [1.54, 1.807) is 36.7 Å². The van der Waals surface area contributed by atoms with E-state index < -0.39 is 0 Å². The molecule has 3 aromatic rings. The SMILES string of the molecule is CCCNc1ncc(-c2cc(-c3cccc(O)c3)nc(N)c2C#N)cn1. The second kappa shape index (κ2) is 7.49. The van der Waals surface area contributed by atoms with Gasteiger partial charge in [0.15, 0.2) is 0 Å². The number of hydrogen-bond donors (Lipinski definition) is 3. The molecule has 130 valence electrons. The Hall–Kier alpha value is -3.66. The average molecular weight is 346 g/mol. The summed E-state index contributed by atoms with van der Waals surface area (Å²) in [7, 11) is 0.